The Morgan fingerprint density at radius 1 is 1.07 bits per heavy atom. The van der Waals surface area contributed by atoms with Crippen molar-refractivity contribution in [2.45, 2.75) is 46.2 Å². The maximum Gasteiger partial charge on any atom is 0.249 e. The summed E-state index contributed by atoms with van der Waals surface area (Å²) in [5.41, 5.74) is 5.67. The van der Waals surface area contributed by atoms with Crippen LogP contribution in [0, 0.1) is 20.8 Å². The molecule has 4 rings (SSSR count). The van der Waals surface area contributed by atoms with E-state index in [1.807, 2.05) is 36.1 Å². The molecule has 1 aliphatic heterocycles. The minimum Gasteiger partial charge on any atom is -0.337 e. The lowest BCUT2D eigenvalue weighted by Gasteiger charge is -2.23. The van der Waals surface area contributed by atoms with Gasteiger partial charge in [-0.25, -0.2) is 0 Å². The molecule has 5 heteroatoms. The van der Waals surface area contributed by atoms with Crippen LogP contribution in [0.1, 0.15) is 47.0 Å². The number of carbonyl (C=O) groups is 1. The second kappa shape index (κ2) is 6.99. The van der Waals surface area contributed by atoms with Crippen molar-refractivity contribution in [1.29, 1.82) is 0 Å². The summed E-state index contributed by atoms with van der Waals surface area (Å²) >= 11 is 0. The number of aromatic nitrogens is 2. The molecule has 1 saturated heterocycles. The Bertz CT molecular complexity index is 975. The van der Waals surface area contributed by atoms with Crippen molar-refractivity contribution in [1.82, 2.24) is 15.0 Å². The quantitative estimate of drug-likeness (QED) is 0.685. The molecule has 27 heavy (non-hydrogen) atoms. The summed E-state index contributed by atoms with van der Waals surface area (Å²) in [6, 6.07) is 14.2. The molecule has 0 saturated carbocycles. The van der Waals surface area contributed by atoms with Gasteiger partial charge in [-0.2, -0.15) is 4.98 Å². The second-order valence-electron chi connectivity index (χ2n) is 7.33. The Labute approximate surface area is 159 Å². The van der Waals surface area contributed by atoms with Gasteiger partial charge in [-0.3, -0.25) is 4.79 Å². The number of hydrogen-bond acceptors (Lipinski definition) is 4. The van der Waals surface area contributed by atoms with Gasteiger partial charge in [0, 0.05) is 18.5 Å². The first kappa shape index (κ1) is 17.5. The van der Waals surface area contributed by atoms with Gasteiger partial charge >= 0.3 is 0 Å². The van der Waals surface area contributed by atoms with Crippen LogP contribution in [-0.4, -0.2) is 20.9 Å². The van der Waals surface area contributed by atoms with Gasteiger partial charge in [-0.1, -0.05) is 58.7 Å². The van der Waals surface area contributed by atoms with Crippen molar-refractivity contribution in [2.24, 2.45) is 0 Å². The van der Waals surface area contributed by atoms with E-state index in [4.69, 9.17) is 4.52 Å². The molecule has 1 aromatic heterocycles. The summed E-state index contributed by atoms with van der Waals surface area (Å²) in [5.74, 6) is 1.21. The van der Waals surface area contributed by atoms with Crippen LogP contribution in [0.2, 0.25) is 0 Å². The number of nitrogens with zero attached hydrogens (tertiary/aromatic N) is 3. The van der Waals surface area contributed by atoms with Crippen molar-refractivity contribution >= 4 is 5.91 Å². The first-order valence-electron chi connectivity index (χ1n) is 9.27. The Balaban J connectivity index is 1.59. The van der Waals surface area contributed by atoms with Crippen molar-refractivity contribution < 1.29 is 9.32 Å². The largest absolute Gasteiger partial charge is 0.337 e. The van der Waals surface area contributed by atoms with Gasteiger partial charge in [0.25, 0.3) is 0 Å². The smallest absolute Gasteiger partial charge is 0.249 e. The lowest BCUT2D eigenvalue weighted by atomic mass is 10.0. The third-order valence-corrected chi connectivity index (χ3v) is 5.20. The zero-order valence-electron chi connectivity index (χ0n) is 15.9. The van der Waals surface area contributed by atoms with Gasteiger partial charge < -0.3 is 9.42 Å². The Kier molecular flexibility index (Phi) is 4.52. The number of rotatable bonds is 4. The zero-order chi connectivity index (χ0) is 19.0. The molecule has 5 nitrogen and oxygen atoms in total. The van der Waals surface area contributed by atoms with Crippen LogP contribution >= 0.6 is 0 Å². The molecule has 1 unspecified atom stereocenters. The average Bonchev–Trinajstić information content (AvgIpc) is 3.25. The van der Waals surface area contributed by atoms with E-state index in [2.05, 4.69) is 42.2 Å². The average molecular weight is 361 g/mol. The molecule has 0 bridgehead atoms. The van der Waals surface area contributed by atoms with E-state index in [1.165, 1.54) is 16.7 Å². The molecule has 0 radical (unpaired) electrons. The van der Waals surface area contributed by atoms with Crippen molar-refractivity contribution in [3.8, 4) is 11.4 Å². The fraction of sp³-hybridized carbons (Fsp3) is 0.318. The Morgan fingerprint density at radius 3 is 2.56 bits per heavy atom. The summed E-state index contributed by atoms with van der Waals surface area (Å²) in [4.78, 5) is 18.9. The van der Waals surface area contributed by atoms with Gasteiger partial charge in [0.15, 0.2) is 0 Å². The van der Waals surface area contributed by atoms with E-state index in [-0.39, 0.29) is 11.9 Å². The molecular weight excluding hydrogens is 338 g/mol. The topological polar surface area (TPSA) is 59.2 Å². The normalized spacial score (nSPS) is 16.9. The number of amides is 1. The van der Waals surface area contributed by atoms with E-state index in [1.54, 1.807) is 0 Å². The molecule has 1 fully saturated rings. The highest BCUT2D eigenvalue weighted by atomic mass is 16.5. The maximum atomic E-state index is 12.5. The van der Waals surface area contributed by atoms with Crippen molar-refractivity contribution in [2.75, 3.05) is 0 Å². The van der Waals surface area contributed by atoms with E-state index in [0.717, 1.165) is 11.1 Å². The van der Waals surface area contributed by atoms with Gasteiger partial charge in [-0.05, 0) is 38.3 Å². The lowest BCUT2D eigenvalue weighted by Crippen LogP contribution is -2.27. The molecule has 1 amide bonds. The summed E-state index contributed by atoms with van der Waals surface area (Å²) in [7, 11) is 0. The minimum absolute atomic E-state index is 0.134. The molecular formula is C22H23N3O2. The van der Waals surface area contributed by atoms with Crippen molar-refractivity contribution in [3.63, 3.8) is 0 Å². The Hall–Kier alpha value is -2.95. The molecule has 2 aromatic carbocycles. The van der Waals surface area contributed by atoms with Crippen molar-refractivity contribution in [3.05, 3.63) is 70.6 Å². The fourth-order valence-electron chi connectivity index (χ4n) is 3.59. The maximum absolute atomic E-state index is 12.5. The number of benzene rings is 2. The molecule has 138 valence electrons. The standard InChI is InChI=1S/C22H23N3O2/c1-14-4-7-17(8-5-14)21-23-22(27-24-21)19-10-11-20(26)25(19)13-18-9-6-15(2)12-16(18)3/h4-9,12,19H,10-11,13H2,1-3H3. The summed E-state index contributed by atoms with van der Waals surface area (Å²) in [6.45, 7) is 6.77. The van der Waals surface area contributed by atoms with Crippen LogP contribution < -0.4 is 0 Å². The molecule has 0 N–H and O–H groups in total. The predicted molar refractivity (Wildman–Crippen MR) is 103 cm³/mol. The number of aryl methyl sites for hydroxylation is 3. The summed E-state index contributed by atoms with van der Waals surface area (Å²) in [5, 5.41) is 4.13. The van der Waals surface area contributed by atoms with Crippen LogP contribution in [0.25, 0.3) is 11.4 Å². The third-order valence-electron chi connectivity index (χ3n) is 5.20. The molecule has 1 aliphatic rings. The summed E-state index contributed by atoms with van der Waals surface area (Å²) in [6.07, 6.45) is 1.22. The van der Waals surface area contributed by atoms with Crippen LogP contribution in [0.5, 0.6) is 0 Å². The number of carbonyl (C=O) groups excluding carboxylic acids is 1. The van der Waals surface area contributed by atoms with Crippen LogP contribution in [0.15, 0.2) is 47.0 Å². The highest BCUT2D eigenvalue weighted by Gasteiger charge is 2.36. The highest BCUT2D eigenvalue weighted by molar-refractivity contribution is 5.79. The number of likely N-dealkylation sites (tertiary alicyclic amines) is 1. The molecule has 2 heterocycles. The highest BCUT2D eigenvalue weighted by Crippen LogP contribution is 2.34. The first-order chi connectivity index (χ1) is 13.0. The fourth-order valence-corrected chi connectivity index (χ4v) is 3.59. The predicted octanol–water partition coefficient (Wildman–Crippen LogP) is 4.53. The minimum atomic E-state index is -0.162. The van der Waals surface area contributed by atoms with Crippen LogP contribution in [-0.2, 0) is 11.3 Å². The van der Waals surface area contributed by atoms with Crippen LogP contribution in [0.3, 0.4) is 0 Å². The second-order valence-corrected chi connectivity index (χ2v) is 7.33. The SMILES string of the molecule is Cc1ccc(-c2noc(C3CCC(=O)N3Cc3ccc(C)cc3C)n2)cc1. The molecule has 3 aromatic rings. The zero-order valence-corrected chi connectivity index (χ0v) is 15.9. The Morgan fingerprint density at radius 2 is 1.81 bits per heavy atom. The third kappa shape index (κ3) is 3.50. The van der Waals surface area contributed by atoms with Crippen LogP contribution in [0.4, 0.5) is 0 Å². The van der Waals surface area contributed by atoms with E-state index in [9.17, 15) is 4.79 Å². The summed E-state index contributed by atoms with van der Waals surface area (Å²) < 4.78 is 5.54. The molecule has 0 aliphatic carbocycles. The molecule has 0 spiro atoms. The van der Waals surface area contributed by atoms with Gasteiger partial charge in [0.05, 0.1) is 0 Å². The molecule has 1 atom stereocenters. The van der Waals surface area contributed by atoms with E-state index < -0.39 is 0 Å². The van der Waals surface area contributed by atoms with E-state index >= 15 is 0 Å². The van der Waals surface area contributed by atoms with Gasteiger partial charge in [0.2, 0.25) is 17.6 Å². The van der Waals surface area contributed by atoms with Gasteiger partial charge in [0.1, 0.15) is 6.04 Å². The monoisotopic (exact) mass is 361 g/mol. The first-order valence-corrected chi connectivity index (χ1v) is 9.27. The van der Waals surface area contributed by atoms with Gasteiger partial charge in [-0.15, -0.1) is 0 Å². The van der Waals surface area contributed by atoms with E-state index in [0.29, 0.717) is 31.1 Å². The number of hydrogen-bond donors (Lipinski definition) is 0. The lowest BCUT2D eigenvalue weighted by molar-refractivity contribution is -0.130.